The fourth-order valence-electron chi connectivity index (χ4n) is 1.04. The Labute approximate surface area is 71.2 Å². The summed E-state index contributed by atoms with van der Waals surface area (Å²) in [6, 6.07) is 6.84. The molecule has 0 amide bonds. The van der Waals surface area contributed by atoms with Crippen molar-refractivity contribution in [2.45, 2.75) is 6.92 Å². The van der Waals surface area contributed by atoms with Gasteiger partial charge in [0.25, 0.3) is 0 Å². The Morgan fingerprint density at radius 2 is 1.83 bits per heavy atom. The van der Waals surface area contributed by atoms with Crippen LogP contribution in [-0.2, 0) is 0 Å². The van der Waals surface area contributed by atoms with E-state index >= 15 is 0 Å². The molecule has 1 N–H and O–H groups in total. The second-order valence-corrected chi connectivity index (χ2v) is 2.55. The Morgan fingerprint density at radius 1 is 1.33 bits per heavy atom. The van der Waals surface area contributed by atoms with E-state index in [0.717, 1.165) is 0 Å². The zero-order valence-corrected chi connectivity index (χ0v) is 6.87. The molecule has 0 aliphatic rings. The maximum atomic E-state index is 11.0. The van der Waals surface area contributed by atoms with E-state index in [-0.39, 0.29) is 11.5 Å². The molecule has 1 aromatic rings. The molecular formula is C10H10O2. The second kappa shape index (κ2) is 3.22. The summed E-state index contributed by atoms with van der Waals surface area (Å²) in [5, 5.41) is 9.11. The van der Waals surface area contributed by atoms with Crippen LogP contribution in [0, 0.1) is 0 Å². The predicted molar refractivity (Wildman–Crippen MR) is 48.1 cm³/mol. The largest absolute Gasteiger partial charge is 0.508 e. The fraction of sp³-hybridized carbons (Fsp3) is 0.100. The smallest absolute Gasteiger partial charge is 0.160 e. The predicted octanol–water partition coefficient (Wildman–Crippen LogP) is 2.42. The Bertz CT molecular complexity index is 293. The molecule has 0 aliphatic heterocycles. The van der Waals surface area contributed by atoms with Crippen molar-refractivity contribution < 1.29 is 9.90 Å². The summed E-state index contributed by atoms with van der Waals surface area (Å²) in [5.41, 5.74) is 1.01. The van der Waals surface area contributed by atoms with E-state index in [1.807, 2.05) is 0 Å². The van der Waals surface area contributed by atoms with E-state index in [9.17, 15) is 4.79 Å². The summed E-state index contributed by atoms with van der Waals surface area (Å²) in [5.74, 6) is -0.137. The summed E-state index contributed by atoms with van der Waals surface area (Å²) in [7, 11) is 0. The zero-order chi connectivity index (χ0) is 9.14. The Hall–Kier alpha value is -1.57. The van der Waals surface area contributed by atoms with Crippen LogP contribution in [0.3, 0.4) is 0 Å². The number of Topliss-reactive ketones (excluding diaryl/α,β-unsaturated/α-hetero) is 1. The maximum Gasteiger partial charge on any atom is 0.160 e. The lowest BCUT2D eigenvalue weighted by Crippen LogP contribution is -1.97. The molecule has 0 aliphatic carbocycles. The van der Waals surface area contributed by atoms with Gasteiger partial charge >= 0.3 is 0 Å². The van der Waals surface area contributed by atoms with E-state index in [0.29, 0.717) is 11.1 Å². The van der Waals surface area contributed by atoms with Gasteiger partial charge in [-0.2, -0.15) is 0 Å². The summed E-state index contributed by atoms with van der Waals surface area (Å²) in [4.78, 5) is 11.0. The van der Waals surface area contributed by atoms with Gasteiger partial charge in [0.2, 0.25) is 0 Å². The molecule has 0 unspecified atom stereocenters. The van der Waals surface area contributed by atoms with Gasteiger partial charge in [0.1, 0.15) is 5.76 Å². The van der Waals surface area contributed by atoms with E-state index in [2.05, 4.69) is 6.58 Å². The van der Waals surface area contributed by atoms with Gasteiger partial charge in [0.05, 0.1) is 0 Å². The van der Waals surface area contributed by atoms with Gasteiger partial charge in [-0.15, -0.1) is 0 Å². The zero-order valence-electron chi connectivity index (χ0n) is 6.87. The summed E-state index contributed by atoms with van der Waals surface area (Å²) in [6.45, 7) is 4.83. The van der Waals surface area contributed by atoms with Gasteiger partial charge in [-0.25, -0.2) is 0 Å². The Morgan fingerprint density at radius 3 is 2.17 bits per heavy atom. The first-order valence-corrected chi connectivity index (χ1v) is 3.61. The molecule has 0 radical (unpaired) electrons. The van der Waals surface area contributed by atoms with Crippen molar-refractivity contribution in [3.05, 3.63) is 42.0 Å². The number of carbonyl (C=O) groups is 1. The Kier molecular flexibility index (Phi) is 2.29. The molecular weight excluding hydrogens is 152 g/mol. The van der Waals surface area contributed by atoms with Crippen LogP contribution in [0.5, 0.6) is 0 Å². The first-order valence-electron chi connectivity index (χ1n) is 3.61. The summed E-state index contributed by atoms with van der Waals surface area (Å²) >= 11 is 0. The molecule has 0 spiro atoms. The normalized spacial score (nSPS) is 9.42. The average molecular weight is 162 g/mol. The minimum Gasteiger partial charge on any atom is -0.508 e. The third-order valence-corrected chi connectivity index (χ3v) is 1.62. The number of aliphatic hydroxyl groups excluding tert-OH is 1. The lowest BCUT2D eigenvalue weighted by atomic mass is 10.0. The van der Waals surface area contributed by atoms with Gasteiger partial charge in [0, 0.05) is 11.1 Å². The number of hydrogen-bond donors (Lipinski definition) is 1. The topological polar surface area (TPSA) is 37.3 Å². The molecule has 1 rings (SSSR count). The van der Waals surface area contributed by atoms with E-state index in [4.69, 9.17) is 5.11 Å². The van der Waals surface area contributed by atoms with Crippen molar-refractivity contribution in [2.75, 3.05) is 0 Å². The van der Waals surface area contributed by atoms with Gasteiger partial charge in [-0.05, 0) is 6.92 Å². The van der Waals surface area contributed by atoms with Crippen molar-refractivity contribution in [3.63, 3.8) is 0 Å². The molecule has 0 atom stereocenters. The van der Waals surface area contributed by atoms with Crippen molar-refractivity contribution in [1.29, 1.82) is 0 Å². The highest BCUT2D eigenvalue weighted by atomic mass is 16.3. The number of carbonyl (C=O) groups excluding carboxylic acids is 1. The van der Waals surface area contributed by atoms with Crippen molar-refractivity contribution in [1.82, 2.24) is 0 Å². The van der Waals surface area contributed by atoms with Gasteiger partial charge < -0.3 is 5.11 Å². The molecule has 0 bridgehead atoms. The number of ketones is 1. The number of hydrogen-bond acceptors (Lipinski definition) is 2. The molecule has 0 fully saturated rings. The standard InChI is InChI=1S/C10H10O2/c1-7(11)9-5-3-4-6-10(9)8(2)12/h3-6,11H,1H2,2H3. The lowest BCUT2D eigenvalue weighted by Gasteiger charge is -2.03. The second-order valence-electron chi connectivity index (χ2n) is 2.55. The average Bonchev–Trinajstić information content (AvgIpc) is 2.04. The monoisotopic (exact) mass is 162 g/mol. The van der Waals surface area contributed by atoms with Gasteiger partial charge in [-0.1, -0.05) is 30.8 Å². The first-order chi connectivity index (χ1) is 5.63. The third-order valence-electron chi connectivity index (χ3n) is 1.62. The molecule has 0 heterocycles. The van der Waals surface area contributed by atoms with Crippen LogP contribution in [0.25, 0.3) is 5.76 Å². The van der Waals surface area contributed by atoms with Crippen LogP contribution in [-0.4, -0.2) is 10.9 Å². The summed E-state index contributed by atoms with van der Waals surface area (Å²) < 4.78 is 0. The lowest BCUT2D eigenvalue weighted by molar-refractivity contribution is 0.101. The van der Waals surface area contributed by atoms with Crippen LogP contribution < -0.4 is 0 Å². The quantitative estimate of drug-likeness (QED) is 0.535. The highest BCUT2D eigenvalue weighted by Crippen LogP contribution is 2.15. The van der Waals surface area contributed by atoms with Crippen LogP contribution in [0.1, 0.15) is 22.8 Å². The fourth-order valence-corrected chi connectivity index (χ4v) is 1.04. The highest BCUT2D eigenvalue weighted by molar-refractivity contribution is 5.98. The first kappa shape index (κ1) is 8.53. The molecule has 0 saturated carbocycles. The highest BCUT2D eigenvalue weighted by Gasteiger charge is 2.06. The minimum absolute atomic E-state index is 0.0687. The van der Waals surface area contributed by atoms with Crippen molar-refractivity contribution in [3.8, 4) is 0 Å². The van der Waals surface area contributed by atoms with Crippen LogP contribution >= 0.6 is 0 Å². The van der Waals surface area contributed by atoms with Crippen molar-refractivity contribution >= 4 is 11.5 Å². The van der Waals surface area contributed by atoms with E-state index < -0.39 is 0 Å². The maximum absolute atomic E-state index is 11.0. The van der Waals surface area contributed by atoms with E-state index in [1.54, 1.807) is 24.3 Å². The van der Waals surface area contributed by atoms with Crippen LogP contribution in [0.15, 0.2) is 30.8 Å². The SMILES string of the molecule is C=C(O)c1ccccc1C(C)=O. The summed E-state index contributed by atoms with van der Waals surface area (Å²) in [6.07, 6.45) is 0. The number of benzene rings is 1. The number of rotatable bonds is 2. The molecule has 2 heteroatoms. The van der Waals surface area contributed by atoms with Crippen LogP contribution in [0.2, 0.25) is 0 Å². The third kappa shape index (κ3) is 1.53. The van der Waals surface area contributed by atoms with Gasteiger partial charge in [-0.3, -0.25) is 4.79 Å². The Balaban J connectivity index is 3.27. The van der Waals surface area contributed by atoms with Crippen molar-refractivity contribution in [2.24, 2.45) is 0 Å². The molecule has 62 valence electrons. The molecule has 0 saturated heterocycles. The molecule has 2 nitrogen and oxygen atoms in total. The van der Waals surface area contributed by atoms with Gasteiger partial charge in [0.15, 0.2) is 5.78 Å². The number of aliphatic hydroxyl groups is 1. The molecule has 0 aromatic heterocycles. The van der Waals surface area contributed by atoms with E-state index in [1.165, 1.54) is 6.92 Å². The minimum atomic E-state index is -0.0687. The molecule has 12 heavy (non-hydrogen) atoms. The van der Waals surface area contributed by atoms with Crippen LogP contribution in [0.4, 0.5) is 0 Å². The molecule has 1 aromatic carbocycles.